The molecule has 4 aliphatic rings. The Morgan fingerprint density at radius 3 is 2.28 bits per heavy atom. The summed E-state index contributed by atoms with van der Waals surface area (Å²) in [5, 5.41) is 0. The van der Waals surface area contributed by atoms with Crippen molar-refractivity contribution in [3.8, 4) is 0 Å². The Morgan fingerprint density at radius 1 is 0.889 bits per heavy atom. The zero-order chi connectivity index (χ0) is 38.2. The van der Waals surface area contributed by atoms with Gasteiger partial charge in [0.1, 0.15) is 12.4 Å². The Morgan fingerprint density at radius 2 is 1.59 bits per heavy atom. The fourth-order valence-electron chi connectivity index (χ4n) is 9.22. The van der Waals surface area contributed by atoms with Crippen LogP contribution in [0.2, 0.25) is 0 Å². The van der Waals surface area contributed by atoms with E-state index in [2.05, 4.69) is 144 Å². The van der Waals surface area contributed by atoms with Gasteiger partial charge in [0.05, 0.1) is 5.41 Å². The van der Waals surface area contributed by atoms with E-state index in [1.54, 1.807) is 12.1 Å². The van der Waals surface area contributed by atoms with Gasteiger partial charge in [-0.25, -0.2) is 4.39 Å². The summed E-state index contributed by atoms with van der Waals surface area (Å²) in [5.74, 6) is 1.46. The SMILES string of the molecule is CCC1(CC2C=CC=C2C)C(=CC2=C(Sc3ccc(F)cc3)C(=CC3=[N+](CCC(C)C)c4ccccc4C3(C)C)CC2)N(CCC(C)C)c2ccccc21. The molecule has 0 saturated carbocycles. The van der Waals surface area contributed by atoms with Crippen molar-refractivity contribution < 1.29 is 8.97 Å². The minimum atomic E-state index is -0.192. The number of para-hydroxylation sites is 2. The molecule has 2 unspecified atom stereocenters. The van der Waals surface area contributed by atoms with Gasteiger partial charge in [-0.2, -0.15) is 4.58 Å². The monoisotopic (exact) mass is 739 g/mol. The topological polar surface area (TPSA) is 6.25 Å². The first-order valence-corrected chi connectivity index (χ1v) is 21.3. The van der Waals surface area contributed by atoms with E-state index in [1.807, 2.05) is 23.9 Å². The average molecular weight is 740 g/mol. The Balaban J connectivity index is 1.42. The van der Waals surface area contributed by atoms with Crippen molar-refractivity contribution in [3.63, 3.8) is 0 Å². The summed E-state index contributed by atoms with van der Waals surface area (Å²) in [5.41, 5.74) is 12.5. The predicted molar refractivity (Wildman–Crippen MR) is 230 cm³/mol. The minimum absolute atomic E-state index is 0.107. The van der Waals surface area contributed by atoms with Gasteiger partial charge in [-0.3, -0.25) is 0 Å². The summed E-state index contributed by atoms with van der Waals surface area (Å²) < 4.78 is 16.8. The first-order chi connectivity index (χ1) is 25.9. The number of rotatable bonds is 13. The van der Waals surface area contributed by atoms with E-state index in [0.29, 0.717) is 17.8 Å². The highest BCUT2D eigenvalue weighted by Crippen LogP contribution is 2.56. The lowest BCUT2D eigenvalue weighted by Gasteiger charge is -2.36. The van der Waals surface area contributed by atoms with Crippen LogP contribution in [0.1, 0.15) is 105 Å². The van der Waals surface area contributed by atoms with Crippen molar-refractivity contribution in [2.24, 2.45) is 17.8 Å². The average Bonchev–Trinajstić information content (AvgIpc) is 3.86. The number of anilines is 1. The molecule has 2 heterocycles. The predicted octanol–water partition coefficient (Wildman–Crippen LogP) is 13.6. The highest BCUT2D eigenvalue weighted by molar-refractivity contribution is 8.03. The molecular weight excluding hydrogens is 680 g/mol. The van der Waals surface area contributed by atoms with E-state index in [-0.39, 0.29) is 16.6 Å². The van der Waals surface area contributed by atoms with E-state index in [1.165, 1.54) is 55.5 Å². The van der Waals surface area contributed by atoms with Gasteiger partial charge in [0.25, 0.3) is 0 Å². The second kappa shape index (κ2) is 15.7. The summed E-state index contributed by atoms with van der Waals surface area (Å²) in [6.45, 7) is 20.8. The Labute approximate surface area is 329 Å². The lowest BCUT2D eigenvalue weighted by atomic mass is 9.70. The summed E-state index contributed by atoms with van der Waals surface area (Å²) >= 11 is 1.82. The number of allylic oxidation sites excluding steroid dienone is 9. The molecule has 0 fully saturated rings. The first-order valence-electron chi connectivity index (χ1n) is 20.5. The third-order valence-corrected chi connectivity index (χ3v) is 13.7. The van der Waals surface area contributed by atoms with E-state index >= 15 is 0 Å². The molecule has 2 aliphatic heterocycles. The standard InChI is InChI=1S/C50H60FN2S/c1-9-50(33-39-16-14-15-36(39)6)43-18-11-13-20-45(43)53(30-28-35(4)5)47(50)32-38-22-21-37(48(38)54-41-25-23-40(51)24-26-41)31-46-49(7,8)42-17-10-12-19-44(42)52(46)29-27-34(2)3/h10-20,23-26,31-32,34-35,39H,9,21-22,27-30,33H2,1-8H3/q+1. The number of halogens is 1. The van der Waals surface area contributed by atoms with Crippen molar-refractivity contribution >= 4 is 28.8 Å². The summed E-state index contributed by atoms with van der Waals surface area (Å²) in [7, 11) is 0. The van der Waals surface area contributed by atoms with E-state index < -0.39 is 0 Å². The Hall–Kier alpha value is -3.89. The maximum Gasteiger partial charge on any atom is 0.209 e. The maximum absolute atomic E-state index is 14.2. The van der Waals surface area contributed by atoms with Crippen LogP contribution in [0.5, 0.6) is 0 Å². The molecule has 2 nitrogen and oxygen atoms in total. The third-order valence-electron chi connectivity index (χ3n) is 12.5. The van der Waals surface area contributed by atoms with Gasteiger partial charge in [-0.15, -0.1) is 0 Å². The Bertz CT molecular complexity index is 2070. The minimum Gasteiger partial charge on any atom is -0.344 e. The van der Waals surface area contributed by atoms with Crippen LogP contribution in [-0.4, -0.2) is 23.4 Å². The van der Waals surface area contributed by atoms with Crippen LogP contribution >= 0.6 is 11.8 Å². The van der Waals surface area contributed by atoms with Crippen molar-refractivity contribution in [3.05, 3.63) is 147 Å². The Kier molecular flexibility index (Phi) is 11.2. The van der Waals surface area contributed by atoms with Crippen LogP contribution < -0.4 is 4.90 Å². The van der Waals surface area contributed by atoms with Crippen LogP contribution in [0.4, 0.5) is 15.8 Å². The van der Waals surface area contributed by atoms with Gasteiger partial charge in [-0.05, 0) is 124 Å². The summed E-state index contributed by atoms with van der Waals surface area (Å²) in [6, 6.07) is 25.3. The highest BCUT2D eigenvalue weighted by atomic mass is 32.2. The van der Waals surface area contributed by atoms with Gasteiger partial charge in [0.2, 0.25) is 5.69 Å². The highest BCUT2D eigenvalue weighted by Gasteiger charge is 2.48. The molecule has 0 bridgehead atoms. The van der Waals surface area contributed by atoms with Crippen LogP contribution in [0.25, 0.3) is 0 Å². The van der Waals surface area contributed by atoms with Gasteiger partial charge < -0.3 is 4.90 Å². The number of benzene rings is 3. The van der Waals surface area contributed by atoms with Crippen LogP contribution in [0.3, 0.4) is 0 Å². The normalized spacial score (nSPS) is 23.2. The fourth-order valence-corrected chi connectivity index (χ4v) is 10.3. The smallest absolute Gasteiger partial charge is 0.209 e. The van der Waals surface area contributed by atoms with E-state index in [4.69, 9.17) is 0 Å². The molecule has 3 aromatic rings. The molecule has 3 aromatic carbocycles. The number of thioether (sulfide) groups is 1. The molecule has 4 heteroatoms. The molecule has 0 aromatic heterocycles. The largest absolute Gasteiger partial charge is 0.344 e. The van der Waals surface area contributed by atoms with Crippen LogP contribution in [0.15, 0.2) is 135 Å². The van der Waals surface area contributed by atoms with Crippen molar-refractivity contribution in [1.29, 1.82) is 0 Å². The molecule has 2 aliphatic carbocycles. The molecule has 7 rings (SSSR count). The molecule has 0 amide bonds. The molecule has 0 radical (unpaired) electrons. The number of nitrogens with zero attached hydrogens (tertiary/aromatic N) is 2. The molecule has 0 saturated heterocycles. The van der Waals surface area contributed by atoms with Crippen molar-refractivity contribution in [1.82, 2.24) is 0 Å². The van der Waals surface area contributed by atoms with E-state index in [9.17, 15) is 4.39 Å². The lowest BCUT2D eigenvalue weighted by Crippen LogP contribution is -2.33. The molecule has 0 N–H and O–H groups in total. The molecular formula is C50H60FN2S+. The first kappa shape index (κ1) is 38.4. The zero-order valence-corrected chi connectivity index (χ0v) is 34.7. The molecule has 54 heavy (non-hydrogen) atoms. The second-order valence-electron chi connectivity index (χ2n) is 17.4. The van der Waals surface area contributed by atoms with Crippen molar-refractivity contribution in [2.45, 2.75) is 110 Å². The van der Waals surface area contributed by atoms with Gasteiger partial charge >= 0.3 is 0 Å². The van der Waals surface area contributed by atoms with Crippen LogP contribution in [0, 0.1) is 23.6 Å². The van der Waals surface area contributed by atoms with Crippen LogP contribution in [-0.2, 0) is 10.8 Å². The second-order valence-corrected chi connectivity index (χ2v) is 18.4. The van der Waals surface area contributed by atoms with Gasteiger partial charge in [-0.1, -0.05) is 107 Å². The van der Waals surface area contributed by atoms with Gasteiger partial charge in [0.15, 0.2) is 5.71 Å². The zero-order valence-electron chi connectivity index (χ0n) is 33.9. The third kappa shape index (κ3) is 7.28. The number of hydrogen-bond donors (Lipinski definition) is 0. The number of hydrogen-bond acceptors (Lipinski definition) is 2. The number of fused-ring (bicyclic) bond motifs is 2. The van der Waals surface area contributed by atoms with Gasteiger partial charge in [0, 0.05) is 57.3 Å². The fraction of sp³-hybridized carbons (Fsp3) is 0.420. The molecule has 2 atom stereocenters. The summed E-state index contributed by atoms with van der Waals surface area (Å²) in [6.07, 6.45) is 18.5. The van der Waals surface area contributed by atoms with E-state index in [0.717, 1.165) is 56.5 Å². The molecule has 0 spiro atoms. The lowest BCUT2D eigenvalue weighted by molar-refractivity contribution is -0.439. The quantitative estimate of drug-likeness (QED) is 0.161. The summed E-state index contributed by atoms with van der Waals surface area (Å²) in [4.78, 5) is 5.10. The maximum atomic E-state index is 14.2. The van der Waals surface area contributed by atoms with Crippen molar-refractivity contribution in [2.75, 3.05) is 18.0 Å². The molecule has 282 valence electrons.